The summed E-state index contributed by atoms with van der Waals surface area (Å²) in [4.78, 5) is 47.1. The lowest BCUT2D eigenvalue weighted by atomic mass is 9.86. The average molecular weight is 356 g/mol. The number of carbonyl (C=O) groups excluding carboxylic acids is 3. The number of hydrogen-bond donors (Lipinski definition) is 0. The number of aromatic nitrogens is 1. The van der Waals surface area contributed by atoms with E-state index in [1.807, 2.05) is 6.92 Å². The van der Waals surface area contributed by atoms with E-state index < -0.39 is 17.8 Å². The summed E-state index contributed by atoms with van der Waals surface area (Å²) in [5, 5.41) is 1.61. The summed E-state index contributed by atoms with van der Waals surface area (Å²) in [6.45, 7) is 1.86. The van der Waals surface area contributed by atoms with Crippen LogP contribution in [0.25, 0.3) is 0 Å². The van der Waals surface area contributed by atoms with Gasteiger partial charge in [0.1, 0.15) is 0 Å². The highest BCUT2D eigenvalue weighted by Crippen LogP contribution is 2.39. The summed E-state index contributed by atoms with van der Waals surface area (Å²) < 4.78 is 0. The maximum atomic E-state index is 12.2. The van der Waals surface area contributed by atoms with E-state index in [1.54, 1.807) is 24.3 Å². The molecule has 25 heavy (non-hydrogen) atoms. The first-order valence-electron chi connectivity index (χ1n) is 8.19. The topological polar surface area (TPSA) is 76.6 Å². The molecule has 0 saturated heterocycles. The van der Waals surface area contributed by atoms with Crippen molar-refractivity contribution in [3.8, 4) is 0 Å². The molecule has 1 fully saturated rings. The highest BCUT2D eigenvalue weighted by Gasteiger charge is 2.38. The van der Waals surface area contributed by atoms with Crippen LogP contribution in [0.3, 0.4) is 0 Å². The number of thiazole rings is 1. The van der Waals surface area contributed by atoms with Crippen molar-refractivity contribution in [2.45, 2.75) is 38.5 Å². The van der Waals surface area contributed by atoms with Crippen molar-refractivity contribution in [3.63, 3.8) is 0 Å². The second-order valence-electron chi connectivity index (χ2n) is 6.28. The molecular formula is C18H16N2O4S. The Bertz CT molecular complexity index is 850. The second-order valence-corrected chi connectivity index (χ2v) is 7.39. The standard InChI is InChI=1S/C18H16N2O4S/c1-10-14(25-16(19-10)11-5-4-6-11)9-15(21)24-20-17(22)12-7-2-3-8-13(12)18(20)23/h2-3,7-8,11H,4-6,9H2,1H3. The molecule has 2 aromatic rings. The van der Waals surface area contributed by atoms with Crippen molar-refractivity contribution in [1.82, 2.24) is 10.0 Å². The molecule has 0 spiro atoms. The van der Waals surface area contributed by atoms with Crippen molar-refractivity contribution in [3.05, 3.63) is 51.0 Å². The zero-order chi connectivity index (χ0) is 17.6. The Kier molecular flexibility index (Phi) is 3.88. The molecule has 4 rings (SSSR count). The molecule has 1 aromatic carbocycles. The first-order valence-corrected chi connectivity index (χ1v) is 9.01. The first-order chi connectivity index (χ1) is 12.0. The number of imide groups is 1. The fourth-order valence-electron chi connectivity index (χ4n) is 2.96. The van der Waals surface area contributed by atoms with E-state index in [-0.39, 0.29) is 17.5 Å². The van der Waals surface area contributed by atoms with Crippen LogP contribution in [-0.2, 0) is 16.1 Å². The van der Waals surface area contributed by atoms with E-state index in [0.29, 0.717) is 11.0 Å². The van der Waals surface area contributed by atoms with Gasteiger partial charge in [-0.05, 0) is 31.9 Å². The Morgan fingerprint density at radius 3 is 2.44 bits per heavy atom. The maximum Gasteiger partial charge on any atom is 0.338 e. The highest BCUT2D eigenvalue weighted by molar-refractivity contribution is 7.12. The Balaban J connectivity index is 1.46. The molecule has 0 radical (unpaired) electrons. The molecule has 1 saturated carbocycles. The Hall–Kier alpha value is -2.54. The molecule has 2 amide bonds. The predicted octanol–water partition coefficient (Wildman–Crippen LogP) is 3.02. The molecular weight excluding hydrogens is 340 g/mol. The fourth-order valence-corrected chi connectivity index (χ4v) is 4.18. The van der Waals surface area contributed by atoms with E-state index in [1.165, 1.54) is 17.8 Å². The predicted molar refractivity (Wildman–Crippen MR) is 90.2 cm³/mol. The monoisotopic (exact) mass is 356 g/mol. The molecule has 0 unspecified atom stereocenters. The number of benzene rings is 1. The summed E-state index contributed by atoms with van der Waals surface area (Å²) in [6, 6.07) is 6.42. The lowest BCUT2D eigenvalue weighted by Crippen LogP contribution is -2.33. The van der Waals surface area contributed by atoms with Gasteiger partial charge in [-0.3, -0.25) is 9.59 Å². The molecule has 2 aliphatic rings. The van der Waals surface area contributed by atoms with Crippen LogP contribution in [0.5, 0.6) is 0 Å². The van der Waals surface area contributed by atoms with Crippen molar-refractivity contribution < 1.29 is 19.2 Å². The van der Waals surface area contributed by atoms with Gasteiger partial charge < -0.3 is 4.84 Å². The van der Waals surface area contributed by atoms with Gasteiger partial charge in [0, 0.05) is 10.8 Å². The molecule has 1 aliphatic carbocycles. The number of rotatable bonds is 4. The molecule has 0 bridgehead atoms. The molecule has 0 atom stereocenters. The van der Waals surface area contributed by atoms with E-state index in [9.17, 15) is 14.4 Å². The zero-order valence-corrected chi connectivity index (χ0v) is 14.5. The van der Waals surface area contributed by atoms with Gasteiger partial charge in [-0.1, -0.05) is 23.6 Å². The number of hydrogen-bond acceptors (Lipinski definition) is 6. The Morgan fingerprint density at radius 2 is 1.88 bits per heavy atom. The van der Waals surface area contributed by atoms with Crippen LogP contribution >= 0.6 is 11.3 Å². The number of amides is 2. The van der Waals surface area contributed by atoms with E-state index >= 15 is 0 Å². The molecule has 7 heteroatoms. The van der Waals surface area contributed by atoms with Gasteiger partial charge in [0.15, 0.2) is 0 Å². The van der Waals surface area contributed by atoms with E-state index in [4.69, 9.17) is 4.84 Å². The summed E-state index contributed by atoms with van der Waals surface area (Å²) in [5.74, 6) is -1.35. The lowest BCUT2D eigenvalue weighted by molar-refractivity contribution is -0.167. The van der Waals surface area contributed by atoms with Crippen LogP contribution in [0.4, 0.5) is 0 Å². The average Bonchev–Trinajstić information content (AvgIpc) is 3.00. The highest BCUT2D eigenvalue weighted by atomic mass is 32.1. The molecule has 0 N–H and O–H groups in total. The van der Waals surface area contributed by atoms with Crippen molar-refractivity contribution in [2.24, 2.45) is 0 Å². The van der Waals surface area contributed by atoms with Gasteiger partial charge in [-0.15, -0.1) is 11.3 Å². The first kappa shape index (κ1) is 16.0. The minimum absolute atomic E-state index is 0.00360. The summed E-state index contributed by atoms with van der Waals surface area (Å²) in [6.07, 6.45) is 3.52. The molecule has 128 valence electrons. The Labute approximate surface area is 148 Å². The third kappa shape index (κ3) is 2.74. The smallest absolute Gasteiger partial charge is 0.329 e. The number of hydroxylamine groups is 2. The summed E-state index contributed by atoms with van der Waals surface area (Å²) in [5.41, 5.74) is 1.31. The summed E-state index contributed by atoms with van der Waals surface area (Å²) in [7, 11) is 0. The van der Waals surface area contributed by atoms with Crippen LogP contribution in [0.2, 0.25) is 0 Å². The second kappa shape index (κ2) is 6.07. The zero-order valence-electron chi connectivity index (χ0n) is 13.7. The number of aryl methyl sites for hydroxylation is 1. The minimum atomic E-state index is -0.638. The molecule has 1 aliphatic heterocycles. The number of nitrogens with zero attached hydrogens (tertiary/aromatic N) is 2. The van der Waals surface area contributed by atoms with Crippen molar-refractivity contribution in [2.75, 3.05) is 0 Å². The van der Waals surface area contributed by atoms with E-state index in [0.717, 1.165) is 28.4 Å². The number of fused-ring (bicyclic) bond motifs is 1. The van der Waals surface area contributed by atoms with Gasteiger partial charge in [-0.2, -0.15) is 0 Å². The van der Waals surface area contributed by atoms with Crippen LogP contribution < -0.4 is 0 Å². The van der Waals surface area contributed by atoms with Gasteiger partial charge in [0.25, 0.3) is 11.8 Å². The molecule has 2 heterocycles. The SMILES string of the molecule is Cc1nc(C2CCC2)sc1CC(=O)ON1C(=O)c2ccccc2C1=O. The maximum absolute atomic E-state index is 12.2. The van der Waals surface area contributed by atoms with Crippen LogP contribution in [0, 0.1) is 6.92 Å². The normalized spacial score (nSPS) is 16.8. The minimum Gasteiger partial charge on any atom is -0.329 e. The van der Waals surface area contributed by atoms with E-state index in [2.05, 4.69) is 4.98 Å². The van der Waals surface area contributed by atoms with Gasteiger partial charge >= 0.3 is 5.97 Å². The third-order valence-corrected chi connectivity index (χ3v) is 5.94. The van der Waals surface area contributed by atoms with Gasteiger partial charge in [0.05, 0.1) is 28.2 Å². The van der Waals surface area contributed by atoms with Crippen molar-refractivity contribution >= 4 is 29.1 Å². The lowest BCUT2D eigenvalue weighted by Gasteiger charge is -2.22. The van der Waals surface area contributed by atoms with Crippen LogP contribution in [0.1, 0.15) is 61.5 Å². The van der Waals surface area contributed by atoms with Crippen LogP contribution in [0.15, 0.2) is 24.3 Å². The van der Waals surface area contributed by atoms with Crippen LogP contribution in [-0.4, -0.2) is 27.8 Å². The Morgan fingerprint density at radius 1 is 1.24 bits per heavy atom. The summed E-state index contributed by atoms with van der Waals surface area (Å²) >= 11 is 1.52. The quantitative estimate of drug-likeness (QED) is 0.787. The van der Waals surface area contributed by atoms with Gasteiger partial charge in [-0.25, -0.2) is 9.78 Å². The molecule has 1 aromatic heterocycles. The molecule has 6 nitrogen and oxygen atoms in total. The van der Waals surface area contributed by atoms with Crippen molar-refractivity contribution in [1.29, 1.82) is 0 Å². The number of carbonyl (C=O) groups is 3. The fraction of sp³-hybridized carbons (Fsp3) is 0.333. The van der Waals surface area contributed by atoms with Gasteiger partial charge in [0.2, 0.25) is 0 Å². The third-order valence-electron chi connectivity index (χ3n) is 4.62. The largest absolute Gasteiger partial charge is 0.338 e.